The molecule has 0 spiro atoms. The zero-order valence-electron chi connectivity index (χ0n) is 18.0. The van der Waals surface area contributed by atoms with Crippen LogP contribution in [-0.4, -0.2) is 66.3 Å². The van der Waals surface area contributed by atoms with E-state index in [1.807, 2.05) is 12.1 Å². The first kappa shape index (κ1) is 20.3. The number of carbonyl (C=O) groups excluding carboxylic acids is 1. The number of hydrogen-bond donors (Lipinski definition) is 2. The van der Waals surface area contributed by atoms with Crippen molar-refractivity contribution in [3.05, 3.63) is 29.5 Å². The van der Waals surface area contributed by atoms with Crippen LogP contribution in [0, 0.1) is 5.41 Å². The smallest absolute Gasteiger partial charge is 0.356 e. The topological polar surface area (TPSA) is 96.4 Å². The molecular formula is C23H29N3O5. The van der Waals surface area contributed by atoms with Crippen molar-refractivity contribution in [1.82, 2.24) is 9.88 Å². The Bertz CT molecular complexity index is 1030. The van der Waals surface area contributed by atoms with E-state index in [0.29, 0.717) is 13.0 Å². The number of hydrogen-bond acceptors (Lipinski definition) is 7. The number of fused-ring (bicyclic) bond motifs is 7. The summed E-state index contributed by atoms with van der Waals surface area (Å²) in [6.07, 6.45) is 2.97. The Morgan fingerprint density at radius 2 is 2.29 bits per heavy atom. The first-order valence-electron chi connectivity index (χ1n) is 11.0. The predicted molar refractivity (Wildman–Crippen MR) is 115 cm³/mol. The lowest BCUT2D eigenvalue weighted by Gasteiger charge is -2.52. The molecule has 0 unspecified atom stereocenters. The molecule has 0 bridgehead atoms. The summed E-state index contributed by atoms with van der Waals surface area (Å²) in [7, 11) is 1.69. The largest absolute Gasteiger partial charge is 0.495 e. The van der Waals surface area contributed by atoms with E-state index in [0.717, 1.165) is 43.6 Å². The Morgan fingerprint density at radius 1 is 1.42 bits per heavy atom. The molecule has 8 heteroatoms. The minimum Gasteiger partial charge on any atom is -0.495 e. The fourth-order valence-electron chi connectivity index (χ4n) is 6.06. The van der Waals surface area contributed by atoms with Crippen LogP contribution in [0.15, 0.2) is 23.4 Å². The second-order valence-corrected chi connectivity index (χ2v) is 8.66. The molecule has 5 rings (SSSR count). The Morgan fingerprint density at radius 3 is 3.06 bits per heavy atom. The molecule has 31 heavy (non-hydrogen) atoms. The number of nitrogens with one attached hydrogen (secondary N) is 1. The summed E-state index contributed by atoms with van der Waals surface area (Å²) in [6, 6.07) is 6.18. The number of nitrogens with zero attached hydrogens (tertiary/aromatic N) is 2. The van der Waals surface area contributed by atoms with Crippen molar-refractivity contribution in [2.45, 2.75) is 44.8 Å². The fraction of sp³-hybridized carbons (Fsp3) is 0.565. The van der Waals surface area contributed by atoms with Gasteiger partial charge in [-0.05, 0) is 37.8 Å². The van der Waals surface area contributed by atoms with Crippen molar-refractivity contribution in [2.24, 2.45) is 10.6 Å². The summed E-state index contributed by atoms with van der Waals surface area (Å²) >= 11 is 0. The van der Waals surface area contributed by atoms with Gasteiger partial charge in [-0.1, -0.05) is 17.3 Å². The van der Waals surface area contributed by atoms with Gasteiger partial charge in [0.15, 0.2) is 5.71 Å². The minimum atomic E-state index is -0.559. The number of oxime groups is 1. The second-order valence-electron chi connectivity index (χ2n) is 8.66. The van der Waals surface area contributed by atoms with Crippen LogP contribution in [0.5, 0.6) is 5.75 Å². The Hall–Kier alpha value is -2.58. The van der Waals surface area contributed by atoms with Crippen molar-refractivity contribution in [1.29, 1.82) is 0 Å². The van der Waals surface area contributed by atoms with E-state index in [2.05, 4.69) is 21.1 Å². The second kappa shape index (κ2) is 7.84. The number of para-hydroxylation sites is 1. The number of aromatic nitrogens is 1. The normalized spacial score (nSPS) is 28.1. The highest BCUT2D eigenvalue weighted by molar-refractivity contribution is 6.36. The van der Waals surface area contributed by atoms with Crippen LogP contribution in [0.25, 0.3) is 10.9 Å². The van der Waals surface area contributed by atoms with E-state index < -0.39 is 5.97 Å². The van der Waals surface area contributed by atoms with Crippen LogP contribution >= 0.6 is 0 Å². The molecule has 0 amide bonds. The molecular weight excluding hydrogens is 398 g/mol. The maximum absolute atomic E-state index is 12.5. The Kier molecular flexibility index (Phi) is 5.14. The number of rotatable bonds is 5. The van der Waals surface area contributed by atoms with Crippen molar-refractivity contribution < 1.29 is 24.2 Å². The van der Waals surface area contributed by atoms with Crippen molar-refractivity contribution >= 4 is 22.6 Å². The van der Waals surface area contributed by atoms with E-state index in [4.69, 9.17) is 14.2 Å². The third-order valence-corrected chi connectivity index (χ3v) is 7.32. The lowest BCUT2D eigenvalue weighted by molar-refractivity contribution is -0.135. The minimum absolute atomic E-state index is 0.000755. The maximum atomic E-state index is 12.5. The fourth-order valence-corrected chi connectivity index (χ4v) is 6.06. The Labute approximate surface area is 181 Å². The van der Waals surface area contributed by atoms with Gasteiger partial charge in [-0.15, -0.1) is 0 Å². The zero-order chi connectivity index (χ0) is 21.6. The molecule has 1 aromatic carbocycles. The van der Waals surface area contributed by atoms with Gasteiger partial charge in [0, 0.05) is 42.6 Å². The van der Waals surface area contributed by atoms with Crippen LogP contribution in [0.3, 0.4) is 0 Å². The number of methoxy groups -OCH3 is 1. The van der Waals surface area contributed by atoms with Gasteiger partial charge in [0.25, 0.3) is 0 Å². The number of H-pyrrole nitrogens is 1. The van der Waals surface area contributed by atoms with Gasteiger partial charge in [0.1, 0.15) is 5.75 Å². The highest BCUT2D eigenvalue weighted by Gasteiger charge is 2.57. The molecule has 2 fully saturated rings. The summed E-state index contributed by atoms with van der Waals surface area (Å²) in [5.41, 5.74) is 3.19. The summed E-state index contributed by atoms with van der Waals surface area (Å²) in [5, 5.41) is 14.2. The number of benzene rings is 1. The molecule has 2 aromatic rings. The van der Waals surface area contributed by atoms with Crippen molar-refractivity contribution in [3.63, 3.8) is 0 Å². The Balaban J connectivity index is 1.63. The first-order chi connectivity index (χ1) is 15.1. The number of piperidine rings is 1. The maximum Gasteiger partial charge on any atom is 0.356 e. The van der Waals surface area contributed by atoms with Crippen LogP contribution in [0.4, 0.5) is 0 Å². The average Bonchev–Trinajstić information content (AvgIpc) is 3.38. The molecule has 2 saturated heterocycles. The molecule has 0 aliphatic carbocycles. The molecule has 166 valence electrons. The molecule has 3 atom stereocenters. The summed E-state index contributed by atoms with van der Waals surface area (Å²) in [5.74, 6) is 0.267. The van der Waals surface area contributed by atoms with Gasteiger partial charge in [0.05, 0.1) is 31.4 Å². The van der Waals surface area contributed by atoms with E-state index in [1.54, 1.807) is 14.0 Å². The van der Waals surface area contributed by atoms with E-state index in [-0.39, 0.29) is 29.9 Å². The van der Waals surface area contributed by atoms with Crippen LogP contribution < -0.4 is 4.74 Å². The number of aromatic amines is 1. The van der Waals surface area contributed by atoms with Crippen LogP contribution in [0.1, 0.15) is 43.5 Å². The first-order valence-corrected chi connectivity index (χ1v) is 11.0. The van der Waals surface area contributed by atoms with Crippen LogP contribution in [-0.2, 0) is 20.7 Å². The molecule has 8 nitrogen and oxygen atoms in total. The van der Waals surface area contributed by atoms with E-state index in [9.17, 15) is 10.0 Å². The summed E-state index contributed by atoms with van der Waals surface area (Å²) < 4.78 is 16.9. The highest BCUT2D eigenvalue weighted by atomic mass is 16.5. The van der Waals surface area contributed by atoms with Gasteiger partial charge in [-0.3, -0.25) is 4.90 Å². The van der Waals surface area contributed by atoms with Crippen molar-refractivity contribution in [2.75, 3.05) is 33.4 Å². The third kappa shape index (κ3) is 3.03. The highest BCUT2D eigenvalue weighted by Crippen LogP contribution is 2.57. The summed E-state index contributed by atoms with van der Waals surface area (Å²) in [4.78, 5) is 18.6. The monoisotopic (exact) mass is 427 g/mol. The molecule has 0 saturated carbocycles. The molecule has 2 N–H and O–H groups in total. The average molecular weight is 428 g/mol. The van der Waals surface area contributed by atoms with Gasteiger partial charge >= 0.3 is 5.97 Å². The molecule has 4 heterocycles. The molecule has 0 radical (unpaired) electrons. The lowest BCUT2D eigenvalue weighted by atomic mass is 9.64. The van der Waals surface area contributed by atoms with Gasteiger partial charge in [-0.2, -0.15) is 0 Å². The number of ether oxygens (including phenoxy) is 3. The predicted octanol–water partition coefficient (Wildman–Crippen LogP) is 3.04. The zero-order valence-corrected chi connectivity index (χ0v) is 18.0. The van der Waals surface area contributed by atoms with Gasteiger partial charge < -0.3 is 24.4 Å². The van der Waals surface area contributed by atoms with E-state index in [1.165, 1.54) is 16.6 Å². The molecule has 3 aliphatic heterocycles. The number of carbonyl (C=O) groups is 1. The molecule has 1 aromatic heterocycles. The van der Waals surface area contributed by atoms with Gasteiger partial charge in [-0.25, -0.2) is 4.79 Å². The van der Waals surface area contributed by atoms with Gasteiger partial charge in [0.2, 0.25) is 0 Å². The molecule has 3 aliphatic rings. The SMILES string of the molecule is CCOC(=O)/C(C[C@]12CCO[C@H]1CCN1CCc3c([nH]c4c(OC)cccc34)[C@@H]12)=N/O. The third-order valence-electron chi connectivity index (χ3n) is 7.32. The number of esters is 1. The van der Waals surface area contributed by atoms with Crippen molar-refractivity contribution in [3.8, 4) is 5.75 Å². The summed E-state index contributed by atoms with van der Waals surface area (Å²) in [6.45, 7) is 4.51. The lowest BCUT2D eigenvalue weighted by Crippen LogP contribution is -2.55. The quantitative estimate of drug-likeness (QED) is 0.330. The van der Waals surface area contributed by atoms with E-state index >= 15 is 0 Å². The standard InChI is InChI=1S/C23H29N3O5/c1-3-30-22(27)16(25-28)13-23-9-12-31-18(23)8-11-26-10-7-15-14-5-4-6-17(29-2)19(14)24-20(15)21(23)26/h4-6,18,21,24,28H,3,7-13H2,1-2H3/b25-16+/t18-,21+,23+/m0/s1. The van der Waals surface area contributed by atoms with Crippen LogP contribution in [0.2, 0.25) is 0 Å².